The van der Waals surface area contributed by atoms with Crippen LogP contribution in [0.5, 0.6) is 0 Å². The fourth-order valence-corrected chi connectivity index (χ4v) is 1.97. The molecular formula is C15H25N. The zero-order valence-electron chi connectivity index (χ0n) is 11.0. The molecule has 1 aromatic carbocycles. The molecule has 16 heavy (non-hydrogen) atoms. The Morgan fingerprint density at radius 1 is 0.938 bits per heavy atom. The first-order chi connectivity index (χ1) is 7.79. The van der Waals surface area contributed by atoms with Gasteiger partial charge in [-0.05, 0) is 31.4 Å². The van der Waals surface area contributed by atoms with E-state index < -0.39 is 0 Å². The zero-order chi connectivity index (χ0) is 11.8. The third-order valence-electron chi connectivity index (χ3n) is 3.02. The van der Waals surface area contributed by atoms with Crippen LogP contribution in [0.15, 0.2) is 24.3 Å². The number of unbranched alkanes of at least 4 members (excludes halogenated alkanes) is 2. The molecule has 1 heteroatoms. The van der Waals surface area contributed by atoms with Gasteiger partial charge in [-0.1, -0.05) is 44.9 Å². The minimum Gasteiger partial charge on any atom is -0.371 e. The van der Waals surface area contributed by atoms with Gasteiger partial charge in [-0.15, -0.1) is 0 Å². The summed E-state index contributed by atoms with van der Waals surface area (Å²) >= 11 is 0. The van der Waals surface area contributed by atoms with Gasteiger partial charge in [-0.2, -0.15) is 0 Å². The largest absolute Gasteiger partial charge is 0.371 e. The predicted octanol–water partition coefficient (Wildman–Crippen LogP) is 4.40. The highest BCUT2D eigenvalue weighted by atomic mass is 15.1. The standard InChI is InChI=1S/C15H25N/c1-4-6-12-16(13-7-5-2)15-11-9-8-10-14(15)3/h8-11H,4-7,12-13H2,1-3H3. The van der Waals surface area contributed by atoms with Gasteiger partial charge in [0.1, 0.15) is 0 Å². The topological polar surface area (TPSA) is 3.24 Å². The minimum absolute atomic E-state index is 1.20. The summed E-state index contributed by atoms with van der Waals surface area (Å²) in [5.74, 6) is 0. The molecule has 0 radical (unpaired) electrons. The van der Waals surface area contributed by atoms with Gasteiger partial charge in [-0.25, -0.2) is 0 Å². The van der Waals surface area contributed by atoms with Crippen molar-refractivity contribution in [1.29, 1.82) is 0 Å². The minimum atomic E-state index is 1.20. The number of hydrogen-bond donors (Lipinski definition) is 0. The number of benzene rings is 1. The Labute approximate surface area is 100 Å². The van der Waals surface area contributed by atoms with Gasteiger partial charge in [0, 0.05) is 18.8 Å². The quantitative estimate of drug-likeness (QED) is 0.657. The van der Waals surface area contributed by atoms with E-state index in [1.165, 1.54) is 50.0 Å². The van der Waals surface area contributed by atoms with E-state index in [-0.39, 0.29) is 0 Å². The fourth-order valence-electron chi connectivity index (χ4n) is 1.97. The maximum absolute atomic E-state index is 2.54. The molecule has 0 aliphatic rings. The molecule has 0 amide bonds. The van der Waals surface area contributed by atoms with Crippen molar-refractivity contribution in [3.63, 3.8) is 0 Å². The van der Waals surface area contributed by atoms with Crippen LogP contribution in [-0.4, -0.2) is 13.1 Å². The van der Waals surface area contributed by atoms with Crippen LogP contribution in [0.4, 0.5) is 5.69 Å². The number of anilines is 1. The maximum Gasteiger partial charge on any atom is 0.0395 e. The highest BCUT2D eigenvalue weighted by molar-refractivity contribution is 5.52. The zero-order valence-corrected chi connectivity index (χ0v) is 11.0. The molecule has 0 saturated heterocycles. The first-order valence-corrected chi connectivity index (χ1v) is 6.60. The van der Waals surface area contributed by atoms with E-state index in [2.05, 4.69) is 49.9 Å². The molecule has 1 aromatic rings. The van der Waals surface area contributed by atoms with Crippen LogP contribution < -0.4 is 4.90 Å². The van der Waals surface area contributed by atoms with Crippen LogP contribution in [0.1, 0.15) is 45.1 Å². The van der Waals surface area contributed by atoms with Crippen molar-refractivity contribution >= 4 is 5.69 Å². The molecule has 0 N–H and O–H groups in total. The highest BCUT2D eigenvalue weighted by Gasteiger charge is 2.07. The van der Waals surface area contributed by atoms with E-state index in [0.717, 1.165) is 0 Å². The average molecular weight is 219 g/mol. The van der Waals surface area contributed by atoms with Gasteiger partial charge in [0.2, 0.25) is 0 Å². The van der Waals surface area contributed by atoms with Crippen molar-refractivity contribution in [2.24, 2.45) is 0 Å². The summed E-state index contributed by atoms with van der Waals surface area (Å²) in [5.41, 5.74) is 2.82. The summed E-state index contributed by atoms with van der Waals surface area (Å²) < 4.78 is 0. The summed E-state index contributed by atoms with van der Waals surface area (Å²) in [5, 5.41) is 0. The third kappa shape index (κ3) is 3.88. The van der Waals surface area contributed by atoms with E-state index in [0.29, 0.717) is 0 Å². The second kappa shape index (κ2) is 7.32. The van der Waals surface area contributed by atoms with Gasteiger partial charge in [-0.3, -0.25) is 0 Å². The number of rotatable bonds is 7. The van der Waals surface area contributed by atoms with Crippen LogP contribution in [0.25, 0.3) is 0 Å². The van der Waals surface area contributed by atoms with Crippen molar-refractivity contribution in [1.82, 2.24) is 0 Å². The van der Waals surface area contributed by atoms with E-state index >= 15 is 0 Å². The Balaban J connectivity index is 2.70. The average Bonchev–Trinajstić information content (AvgIpc) is 2.31. The van der Waals surface area contributed by atoms with Crippen molar-refractivity contribution in [2.45, 2.75) is 46.5 Å². The molecule has 0 bridgehead atoms. The smallest absolute Gasteiger partial charge is 0.0395 e. The molecule has 0 unspecified atom stereocenters. The first-order valence-electron chi connectivity index (χ1n) is 6.60. The molecule has 1 nitrogen and oxygen atoms in total. The van der Waals surface area contributed by atoms with E-state index in [4.69, 9.17) is 0 Å². The molecule has 0 heterocycles. The molecular weight excluding hydrogens is 194 g/mol. The lowest BCUT2D eigenvalue weighted by atomic mass is 10.1. The van der Waals surface area contributed by atoms with Crippen molar-refractivity contribution in [3.8, 4) is 0 Å². The maximum atomic E-state index is 2.54. The molecule has 90 valence electrons. The van der Waals surface area contributed by atoms with Crippen LogP contribution >= 0.6 is 0 Å². The lowest BCUT2D eigenvalue weighted by Crippen LogP contribution is -2.26. The van der Waals surface area contributed by atoms with Gasteiger partial charge in [0.25, 0.3) is 0 Å². The summed E-state index contributed by atoms with van der Waals surface area (Å²) in [6, 6.07) is 8.73. The molecule has 0 aromatic heterocycles. The summed E-state index contributed by atoms with van der Waals surface area (Å²) in [7, 11) is 0. The van der Waals surface area contributed by atoms with Crippen LogP contribution in [-0.2, 0) is 0 Å². The first kappa shape index (κ1) is 13.1. The molecule has 1 rings (SSSR count). The lowest BCUT2D eigenvalue weighted by molar-refractivity contribution is 0.677. The van der Waals surface area contributed by atoms with Gasteiger partial charge in [0.15, 0.2) is 0 Å². The lowest BCUT2D eigenvalue weighted by Gasteiger charge is -2.26. The second-order valence-corrected chi connectivity index (χ2v) is 4.48. The number of nitrogens with zero attached hydrogens (tertiary/aromatic N) is 1. The molecule has 0 aliphatic heterocycles. The molecule has 0 spiro atoms. The number of hydrogen-bond acceptors (Lipinski definition) is 1. The molecule has 0 atom stereocenters. The Bertz CT molecular complexity index is 285. The van der Waals surface area contributed by atoms with E-state index in [9.17, 15) is 0 Å². The SMILES string of the molecule is CCCCN(CCCC)c1ccccc1C. The Hall–Kier alpha value is -0.980. The summed E-state index contributed by atoms with van der Waals surface area (Å²) in [6.07, 6.45) is 5.12. The predicted molar refractivity (Wildman–Crippen MR) is 73.2 cm³/mol. The van der Waals surface area contributed by atoms with Crippen LogP contribution in [0.3, 0.4) is 0 Å². The van der Waals surface area contributed by atoms with Crippen LogP contribution in [0.2, 0.25) is 0 Å². The van der Waals surface area contributed by atoms with Crippen molar-refractivity contribution in [2.75, 3.05) is 18.0 Å². The monoisotopic (exact) mass is 219 g/mol. The highest BCUT2D eigenvalue weighted by Crippen LogP contribution is 2.20. The fraction of sp³-hybridized carbons (Fsp3) is 0.600. The Kier molecular flexibility index (Phi) is 5.99. The normalized spacial score (nSPS) is 10.4. The summed E-state index contributed by atoms with van der Waals surface area (Å²) in [4.78, 5) is 2.54. The van der Waals surface area contributed by atoms with Gasteiger partial charge in [0.05, 0.1) is 0 Å². The number of aryl methyl sites for hydroxylation is 1. The van der Waals surface area contributed by atoms with Crippen LogP contribution in [0, 0.1) is 6.92 Å². The molecule has 0 saturated carbocycles. The van der Waals surface area contributed by atoms with E-state index in [1.54, 1.807) is 0 Å². The van der Waals surface area contributed by atoms with Crippen molar-refractivity contribution in [3.05, 3.63) is 29.8 Å². The Morgan fingerprint density at radius 2 is 1.50 bits per heavy atom. The van der Waals surface area contributed by atoms with Gasteiger partial charge < -0.3 is 4.90 Å². The number of para-hydroxylation sites is 1. The third-order valence-corrected chi connectivity index (χ3v) is 3.02. The van der Waals surface area contributed by atoms with Crippen molar-refractivity contribution < 1.29 is 0 Å². The van der Waals surface area contributed by atoms with E-state index in [1.807, 2.05) is 0 Å². The Morgan fingerprint density at radius 3 is 2.00 bits per heavy atom. The molecule has 0 fully saturated rings. The summed E-state index contributed by atoms with van der Waals surface area (Å²) in [6.45, 7) is 9.12. The second-order valence-electron chi connectivity index (χ2n) is 4.48. The van der Waals surface area contributed by atoms with Gasteiger partial charge >= 0.3 is 0 Å². The molecule has 0 aliphatic carbocycles.